The van der Waals surface area contributed by atoms with Crippen molar-refractivity contribution in [2.24, 2.45) is 0 Å². The average molecular weight is 609 g/mol. The number of sulfonamides is 1. The summed E-state index contributed by atoms with van der Waals surface area (Å²) in [6, 6.07) is 25.1. The zero-order chi connectivity index (χ0) is 30.8. The van der Waals surface area contributed by atoms with E-state index in [1.807, 2.05) is 37.3 Å². The van der Waals surface area contributed by atoms with E-state index in [2.05, 4.69) is 20.0 Å². The molecule has 6 rings (SSSR count). The summed E-state index contributed by atoms with van der Waals surface area (Å²) >= 11 is 0. The molecular formula is C31H28N8O4S. The monoisotopic (exact) mass is 608 g/mol. The Kier molecular flexibility index (Phi) is 7.45. The van der Waals surface area contributed by atoms with Gasteiger partial charge in [-0.1, -0.05) is 30.3 Å². The Labute approximate surface area is 252 Å². The normalized spacial score (nSPS) is 12.1. The lowest BCUT2D eigenvalue weighted by molar-refractivity contribution is 0.414. The molecule has 44 heavy (non-hydrogen) atoms. The van der Waals surface area contributed by atoms with Gasteiger partial charge in [0.2, 0.25) is 0 Å². The number of rotatable bonds is 9. The van der Waals surface area contributed by atoms with Crippen molar-refractivity contribution >= 4 is 32.9 Å². The fraction of sp³-hybridized carbons (Fsp3) is 0.0968. The number of para-hydroxylation sites is 1. The summed E-state index contributed by atoms with van der Waals surface area (Å²) in [4.78, 5) is 22.3. The highest BCUT2D eigenvalue weighted by atomic mass is 32.2. The van der Waals surface area contributed by atoms with E-state index in [4.69, 9.17) is 15.6 Å². The second-order valence-corrected chi connectivity index (χ2v) is 11.6. The number of nitrogen functional groups attached to an aromatic ring is 1. The van der Waals surface area contributed by atoms with Crippen molar-refractivity contribution in [1.29, 1.82) is 0 Å². The van der Waals surface area contributed by atoms with Crippen molar-refractivity contribution in [2.75, 3.05) is 22.9 Å². The van der Waals surface area contributed by atoms with E-state index in [-0.39, 0.29) is 16.3 Å². The summed E-state index contributed by atoms with van der Waals surface area (Å²) in [6.07, 6.45) is 3.05. The highest BCUT2D eigenvalue weighted by molar-refractivity contribution is 7.92. The maximum absolute atomic E-state index is 13.6. The molecule has 222 valence electrons. The second kappa shape index (κ2) is 11.5. The van der Waals surface area contributed by atoms with Crippen LogP contribution in [0.1, 0.15) is 18.8 Å². The van der Waals surface area contributed by atoms with Gasteiger partial charge in [-0.15, -0.1) is 0 Å². The number of fused-ring (bicyclic) bond motifs is 1. The first kappa shape index (κ1) is 28.4. The van der Waals surface area contributed by atoms with Gasteiger partial charge < -0.3 is 15.8 Å². The van der Waals surface area contributed by atoms with E-state index < -0.39 is 16.1 Å². The number of anilines is 3. The first-order valence-corrected chi connectivity index (χ1v) is 15.0. The molecule has 0 radical (unpaired) electrons. The van der Waals surface area contributed by atoms with Crippen molar-refractivity contribution in [3.05, 3.63) is 120 Å². The van der Waals surface area contributed by atoms with Crippen LogP contribution in [0.2, 0.25) is 0 Å². The van der Waals surface area contributed by atoms with E-state index >= 15 is 0 Å². The maximum atomic E-state index is 13.6. The number of nitrogens with two attached hydrogens (primary N) is 1. The Hall–Kier alpha value is -5.69. The van der Waals surface area contributed by atoms with Gasteiger partial charge in [0.1, 0.15) is 29.2 Å². The lowest BCUT2D eigenvalue weighted by Gasteiger charge is -2.21. The third-order valence-electron chi connectivity index (χ3n) is 6.99. The summed E-state index contributed by atoms with van der Waals surface area (Å²) in [5, 5.41) is 8.09. The van der Waals surface area contributed by atoms with Gasteiger partial charge in [-0.05, 0) is 73.2 Å². The highest BCUT2D eigenvalue weighted by Gasteiger charge is 2.22. The largest absolute Gasteiger partial charge is 0.497 e. The van der Waals surface area contributed by atoms with Crippen LogP contribution in [0.3, 0.4) is 0 Å². The first-order chi connectivity index (χ1) is 21.2. The standard InChI is InChI=1S/C31H28N8O4S/c1-20(30-36-38-17-7-12-26(38)31(40)39(30)23-10-4-3-5-11-23)35-29-27(28(32)33-19-34-29)21-8-6-9-22(18-21)37-44(41,42)25-15-13-24(43-2)14-16-25/h3-20,37H,1-2H3,(H3,32,33,34,35)/t20-/m0/s1. The summed E-state index contributed by atoms with van der Waals surface area (Å²) in [7, 11) is -2.38. The molecule has 0 aliphatic heterocycles. The number of nitrogens with zero attached hydrogens (tertiary/aromatic N) is 5. The van der Waals surface area contributed by atoms with Gasteiger partial charge in [0, 0.05) is 11.9 Å². The molecule has 0 fully saturated rings. The van der Waals surface area contributed by atoms with Crippen LogP contribution in [0, 0.1) is 0 Å². The third-order valence-corrected chi connectivity index (χ3v) is 8.39. The number of hydrogen-bond donors (Lipinski definition) is 3. The second-order valence-electron chi connectivity index (χ2n) is 9.88. The van der Waals surface area contributed by atoms with Gasteiger partial charge in [-0.25, -0.2) is 22.9 Å². The molecule has 0 unspecified atom stereocenters. The molecule has 0 aliphatic carbocycles. The molecule has 13 heteroatoms. The lowest BCUT2D eigenvalue weighted by atomic mass is 10.1. The van der Waals surface area contributed by atoms with Crippen LogP contribution in [0.15, 0.2) is 113 Å². The van der Waals surface area contributed by atoms with Gasteiger partial charge in [-0.2, -0.15) is 5.10 Å². The van der Waals surface area contributed by atoms with E-state index in [0.717, 1.165) is 0 Å². The molecule has 3 heterocycles. The zero-order valence-electron chi connectivity index (χ0n) is 23.7. The van der Waals surface area contributed by atoms with Crippen LogP contribution >= 0.6 is 0 Å². The molecule has 0 amide bonds. The van der Waals surface area contributed by atoms with Crippen LogP contribution in [0.4, 0.5) is 17.3 Å². The average Bonchev–Trinajstić information content (AvgIpc) is 3.51. The maximum Gasteiger partial charge on any atom is 0.282 e. The first-order valence-electron chi connectivity index (χ1n) is 13.6. The predicted octanol–water partition coefficient (Wildman–Crippen LogP) is 4.51. The third kappa shape index (κ3) is 5.43. The van der Waals surface area contributed by atoms with Crippen molar-refractivity contribution in [3.8, 4) is 22.6 Å². The Morgan fingerprint density at radius 2 is 1.70 bits per heavy atom. The molecule has 0 bridgehead atoms. The predicted molar refractivity (Wildman–Crippen MR) is 169 cm³/mol. The van der Waals surface area contributed by atoms with Gasteiger partial charge >= 0.3 is 0 Å². The quantitative estimate of drug-likeness (QED) is 0.215. The number of ether oxygens (including phenoxy) is 1. The molecule has 0 saturated carbocycles. The Morgan fingerprint density at radius 1 is 0.932 bits per heavy atom. The molecule has 4 N–H and O–H groups in total. The minimum Gasteiger partial charge on any atom is -0.497 e. The highest BCUT2D eigenvalue weighted by Crippen LogP contribution is 2.34. The number of methoxy groups -OCH3 is 1. The number of nitrogens with one attached hydrogen (secondary N) is 2. The molecular weight excluding hydrogens is 580 g/mol. The molecule has 0 saturated heterocycles. The van der Waals surface area contributed by atoms with E-state index in [1.54, 1.807) is 63.8 Å². The molecule has 3 aromatic carbocycles. The summed E-state index contributed by atoms with van der Waals surface area (Å²) in [5.74, 6) is 1.54. The van der Waals surface area contributed by atoms with E-state index in [9.17, 15) is 13.2 Å². The molecule has 0 spiro atoms. The topological polar surface area (TPSA) is 159 Å². The van der Waals surface area contributed by atoms with Gasteiger partial charge in [0.25, 0.3) is 15.6 Å². The fourth-order valence-corrected chi connectivity index (χ4v) is 5.93. The SMILES string of the molecule is COc1ccc(S(=O)(=O)Nc2cccc(-c3c(N)ncnc3N[C@@H](C)c3nn4cccc4c(=O)n3-c3ccccc3)c2)cc1. The molecule has 1 atom stereocenters. The van der Waals surface area contributed by atoms with E-state index in [0.29, 0.717) is 45.4 Å². The van der Waals surface area contributed by atoms with Gasteiger partial charge in [0.15, 0.2) is 5.82 Å². The smallest absolute Gasteiger partial charge is 0.282 e. The minimum absolute atomic E-state index is 0.0825. The van der Waals surface area contributed by atoms with Gasteiger partial charge in [0.05, 0.1) is 29.3 Å². The Bertz CT molecular complexity index is 2130. The lowest BCUT2D eigenvalue weighted by Crippen LogP contribution is -2.29. The van der Waals surface area contributed by atoms with Crippen molar-refractivity contribution in [1.82, 2.24) is 24.1 Å². The van der Waals surface area contributed by atoms with Crippen molar-refractivity contribution in [3.63, 3.8) is 0 Å². The van der Waals surface area contributed by atoms with E-state index in [1.165, 1.54) is 25.6 Å². The van der Waals surface area contributed by atoms with Crippen LogP contribution in [0.25, 0.3) is 22.3 Å². The zero-order valence-corrected chi connectivity index (χ0v) is 24.6. The molecule has 6 aromatic rings. The van der Waals surface area contributed by atoms with Crippen LogP contribution in [-0.4, -0.2) is 39.7 Å². The van der Waals surface area contributed by atoms with Crippen LogP contribution in [0.5, 0.6) is 5.75 Å². The molecule has 12 nitrogen and oxygen atoms in total. The van der Waals surface area contributed by atoms with Crippen molar-refractivity contribution in [2.45, 2.75) is 17.9 Å². The number of hydrogen-bond acceptors (Lipinski definition) is 9. The summed E-state index contributed by atoms with van der Waals surface area (Å²) in [6.45, 7) is 1.86. The van der Waals surface area contributed by atoms with Crippen LogP contribution < -0.4 is 26.1 Å². The van der Waals surface area contributed by atoms with Crippen LogP contribution in [-0.2, 0) is 10.0 Å². The van der Waals surface area contributed by atoms with Crippen molar-refractivity contribution < 1.29 is 13.2 Å². The summed E-state index contributed by atoms with van der Waals surface area (Å²) in [5.41, 5.74) is 8.58. The molecule has 3 aromatic heterocycles. The fourth-order valence-electron chi connectivity index (χ4n) is 4.88. The minimum atomic E-state index is -3.89. The summed E-state index contributed by atoms with van der Waals surface area (Å²) < 4.78 is 37.0. The molecule has 0 aliphatic rings. The number of benzene rings is 3. The number of aromatic nitrogens is 5. The Balaban J connectivity index is 1.36. The Morgan fingerprint density at radius 3 is 2.45 bits per heavy atom. The van der Waals surface area contributed by atoms with Gasteiger partial charge in [-0.3, -0.25) is 14.1 Å².